The lowest BCUT2D eigenvalue weighted by Gasteiger charge is -2.30. The first-order valence-electron chi connectivity index (χ1n) is 6.55. The first-order valence-corrected chi connectivity index (χ1v) is 6.55. The monoisotopic (exact) mass is 348 g/mol. The predicted molar refractivity (Wildman–Crippen MR) is 67.7 cm³/mol. The zero-order chi connectivity index (χ0) is 18.1. The maximum absolute atomic E-state index is 13.4. The standard InChI is InChI=1S/C14H15F7O2/c1-8(2)23-11-6-4-3-5-9(11)10(22)7-12(15,16)13(17,18)14(19,20)21/h3-6,8,10,22H,7H2,1-2H3. The molecule has 0 radical (unpaired) electrons. The number of halogens is 7. The first-order chi connectivity index (χ1) is 10.3. The molecule has 0 saturated heterocycles. The number of aliphatic hydroxyl groups is 1. The zero-order valence-electron chi connectivity index (χ0n) is 12.2. The highest BCUT2D eigenvalue weighted by molar-refractivity contribution is 5.35. The molecule has 1 aromatic rings. The van der Waals surface area contributed by atoms with Crippen molar-refractivity contribution < 1.29 is 40.6 Å². The summed E-state index contributed by atoms with van der Waals surface area (Å²) in [7, 11) is 0. The van der Waals surface area contributed by atoms with Crippen LogP contribution in [-0.4, -0.2) is 29.2 Å². The van der Waals surface area contributed by atoms with Crippen LogP contribution < -0.4 is 4.74 Å². The molecule has 1 aromatic carbocycles. The summed E-state index contributed by atoms with van der Waals surface area (Å²) in [5.74, 6) is -11.8. The van der Waals surface area contributed by atoms with Crippen molar-refractivity contribution in [1.82, 2.24) is 0 Å². The van der Waals surface area contributed by atoms with Gasteiger partial charge in [0.05, 0.1) is 12.2 Å². The van der Waals surface area contributed by atoms with Gasteiger partial charge in [-0.2, -0.15) is 30.7 Å². The third-order valence-electron chi connectivity index (χ3n) is 2.91. The number of benzene rings is 1. The molecule has 0 aliphatic carbocycles. The van der Waals surface area contributed by atoms with Crippen molar-refractivity contribution in [3.8, 4) is 5.75 Å². The summed E-state index contributed by atoms with van der Waals surface area (Å²) in [5, 5.41) is 9.72. The zero-order valence-corrected chi connectivity index (χ0v) is 12.2. The van der Waals surface area contributed by atoms with Crippen molar-refractivity contribution in [3.63, 3.8) is 0 Å². The lowest BCUT2D eigenvalue weighted by atomic mass is 9.98. The van der Waals surface area contributed by atoms with Crippen LogP contribution in [0.4, 0.5) is 30.7 Å². The predicted octanol–water partition coefficient (Wildman–Crippen LogP) is 4.73. The van der Waals surface area contributed by atoms with Gasteiger partial charge in [-0.1, -0.05) is 18.2 Å². The average molecular weight is 348 g/mol. The minimum absolute atomic E-state index is 0.0684. The van der Waals surface area contributed by atoms with E-state index in [1.165, 1.54) is 18.2 Å². The number of hydrogen-bond donors (Lipinski definition) is 1. The van der Waals surface area contributed by atoms with E-state index >= 15 is 0 Å². The highest BCUT2D eigenvalue weighted by Crippen LogP contribution is 2.50. The molecule has 1 rings (SSSR count). The smallest absolute Gasteiger partial charge is 0.459 e. The maximum Gasteiger partial charge on any atom is 0.459 e. The number of alkyl halides is 7. The van der Waals surface area contributed by atoms with Gasteiger partial charge in [-0.25, -0.2) is 0 Å². The third kappa shape index (κ3) is 4.27. The van der Waals surface area contributed by atoms with E-state index in [-0.39, 0.29) is 11.3 Å². The first kappa shape index (κ1) is 19.5. The van der Waals surface area contributed by atoms with Crippen molar-refractivity contribution in [3.05, 3.63) is 29.8 Å². The molecule has 1 unspecified atom stereocenters. The molecule has 0 heterocycles. The van der Waals surface area contributed by atoms with Crippen LogP contribution in [0, 0.1) is 0 Å². The molecule has 0 aromatic heterocycles. The lowest BCUT2D eigenvalue weighted by molar-refractivity contribution is -0.358. The molecule has 23 heavy (non-hydrogen) atoms. The number of hydrogen-bond acceptors (Lipinski definition) is 2. The normalized spacial score (nSPS) is 14.9. The minimum atomic E-state index is -6.43. The van der Waals surface area contributed by atoms with E-state index in [1.807, 2.05) is 0 Å². The van der Waals surface area contributed by atoms with Crippen LogP contribution >= 0.6 is 0 Å². The molecule has 0 aliphatic rings. The second-order valence-corrected chi connectivity index (χ2v) is 5.20. The number of aliphatic hydroxyl groups excluding tert-OH is 1. The summed E-state index contributed by atoms with van der Waals surface area (Å²) in [6.45, 7) is 3.19. The van der Waals surface area contributed by atoms with E-state index in [9.17, 15) is 35.8 Å². The summed E-state index contributed by atoms with van der Waals surface area (Å²) < 4.78 is 94.0. The summed E-state index contributed by atoms with van der Waals surface area (Å²) in [6.07, 6.45) is -11.2. The van der Waals surface area contributed by atoms with Crippen LogP contribution in [0.3, 0.4) is 0 Å². The van der Waals surface area contributed by atoms with Gasteiger partial charge in [0.25, 0.3) is 0 Å². The Hall–Kier alpha value is -1.51. The third-order valence-corrected chi connectivity index (χ3v) is 2.91. The van der Waals surface area contributed by atoms with Gasteiger partial charge < -0.3 is 9.84 Å². The Morgan fingerprint density at radius 3 is 2.00 bits per heavy atom. The van der Waals surface area contributed by atoms with Gasteiger partial charge >= 0.3 is 18.0 Å². The Labute approximate surface area is 127 Å². The van der Waals surface area contributed by atoms with Gasteiger partial charge in [-0.15, -0.1) is 0 Å². The molecule has 0 aliphatic heterocycles. The van der Waals surface area contributed by atoms with Crippen molar-refractivity contribution in [2.45, 2.75) is 50.5 Å². The Balaban J connectivity index is 3.06. The fraction of sp³-hybridized carbons (Fsp3) is 0.571. The van der Waals surface area contributed by atoms with Crippen LogP contribution in [0.2, 0.25) is 0 Å². The highest BCUT2D eigenvalue weighted by atomic mass is 19.4. The molecule has 2 nitrogen and oxygen atoms in total. The van der Waals surface area contributed by atoms with Crippen LogP contribution in [0.1, 0.15) is 31.9 Å². The Kier molecular flexibility index (Phi) is 5.56. The molecule has 132 valence electrons. The Morgan fingerprint density at radius 1 is 1.00 bits per heavy atom. The van der Waals surface area contributed by atoms with Crippen molar-refractivity contribution in [2.24, 2.45) is 0 Å². The number of para-hydroxylation sites is 1. The van der Waals surface area contributed by atoms with Gasteiger partial charge in [0.15, 0.2) is 0 Å². The van der Waals surface area contributed by atoms with Crippen LogP contribution in [0.5, 0.6) is 5.75 Å². The molecule has 9 heteroatoms. The quantitative estimate of drug-likeness (QED) is 0.753. The van der Waals surface area contributed by atoms with Gasteiger partial charge in [0.2, 0.25) is 0 Å². The van der Waals surface area contributed by atoms with Gasteiger partial charge in [0.1, 0.15) is 5.75 Å². The van der Waals surface area contributed by atoms with Crippen molar-refractivity contribution >= 4 is 0 Å². The molecule has 0 fully saturated rings. The largest absolute Gasteiger partial charge is 0.491 e. The van der Waals surface area contributed by atoms with Crippen LogP contribution in [0.15, 0.2) is 24.3 Å². The molecule has 0 amide bonds. The summed E-state index contributed by atoms with van der Waals surface area (Å²) in [4.78, 5) is 0. The number of ether oxygens (including phenoxy) is 1. The van der Waals surface area contributed by atoms with E-state index in [0.29, 0.717) is 0 Å². The minimum Gasteiger partial charge on any atom is -0.491 e. The van der Waals surface area contributed by atoms with Gasteiger partial charge in [-0.3, -0.25) is 0 Å². The Morgan fingerprint density at radius 2 is 1.52 bits per heavy atom. The van der Waals surface area contributed by atoms with E-state index in [1.54, 1.807) is 13.8 Å². The average Bonchev–Trinajstić information content (AvgIpc) is 2.36. The highest BCUT2D eigenvalue weighted by Gasteiger charge is 2.72. The van der Waals surface area contributed by atoms with Crippen LogP contribution in [-0.2, 0) is 0 Å². The molecular weight excluding hydrogens is 333 g/mol. The second kappa shape index (κ2) is 6.54. The van der Waals surface area contributed by atoms with E-state index in [2.05, 4.69) is 0 Å². The molecule has 0 spiro atoms. The summed E-state index contributed by atoms with van der Waals surface area (Å²) in [5.41, 5.74) is -0.293. The Bertz CT molecular complexity index is 526. The molecule has 0 bridgehead atoms. The fourth-order valence-electron chi connectivity index (χ4n) is 1.81. The van der Waals surface area contributed by atoms with Crippen molar-refractivity contribution in [1.29, 1.82) is 0 Å². The van der Waals surface area contributed by atoms with Crippen LogP contribution in [0.25, 0.3) is 0 Å². The molecule has 1 N–H and O–H groups in total. The molecule has 0 saturated carbocycles. The van der Waals surface area contributed by atoms with E-state index < -0.39 is 36.7 Å². The SMILES string of the molecule is CC(C)Oc1ccccc1C(O)CC(F)(F)C(F)(F)C(F)(F)F. The van der Waals surface area contributed by atoms with Gasteiger partial charge in [0, 0.05) is 12.0 Å². The topological polar surface area (TPSA) is 29.5 Å². The second-order valence-electron chi connectivity index (χ2n) is 5.20. The maximum atomic E-state index is 13.4. The summed E-state index contributed by atoms with van der Waals surface area (Å²) >= 11 is 0. The lowest BCUT2D eigenvalue weighted by Crippen LogP contribution is -2.52. The van der Waals surface area contributed by atoms with E-state index in [0.717, 1.165) is 6.07 Å². The summed E-state index contributed by atoms with van der Waals surface area (Å²) in [6, 6.07) is 5.16. The van der Waals surface area contributed by atoms with Crippen molar-refractivity contribution in [2.75, 3.05) is 0 Å². The number of rotatable bonds is 6. The molecular formula is C14H15F7O2. The molecule has 1 atom stereocenters. The van der Waals surface area contributed by atoms with E-state index in [4.69, 9.17) is 4.74 Å². The fourth-order valence-corrected chi connectivity index (χ4v) is 1.81. The van der Waals surface area contributed by atoms with Gasteiger partial charge in [-0.05, 0) is 19.9 Å².